The first-order chi connectivity index (χ1) is 20.1. The van der Waals surface area contributed by atoms with Crippen molar-refractivity contribution in [1.29, 1.82) is 0 Å². The second kappa shape index (κ2) is 13.8. The number of benzene rings is 3. The van der Waals surface area contributed by atoms with Gasteiger partial charge in [-0.3, -0.25) is 19.7 Å². The number of carbonyl (C=O) groups is 2. The number of nitro groups is 1. The Balaban J connectivity index is 1.43. The summed E-state index contributed by atoms with van der Waals surface area (Å²) in [7, 11) is 0. The van der Waals surface area contributed by atoms with Gasteiger partial charge < -0.3 is 14.5 Å². The fourth-order valence-electron chi connectivity index (χ4n) is 3.94. The molecule has 0 unspecified atom stereocenters. The minimum absolute atomic E-state index is 0.0196. The summed E-state index contributed by atoms with van der Waals surface area (Å²) in [5.41, 5.74) is 4.29. The molecule has 0 saturated carbocycles. The van der Waals surface area contributed by atoms with Crippen LogP contribution in [0.25, 0.3) is 11.3 Å². The third kappa shape index (κ3) is 7.96. The normalized spacial score (nSPS) is 12.5. The van der Waals surface area contributed by atoms with Crippen LogP contribution in [0, 0.1) is 17.0 Å². The van der Waals surface area contributed by atoms with Gasteiger partial charge in [0.25, 0.3) is 17.5 Å². The zero-order chi connectivity index (χ0) is 30.2. The molecule has 0 aliphatic carbocycles. The van der Waals surface area contributed by atoms with Crippen LogP contribution in [0.3, 0.4) is 0 Å². The second-order valence-electron chi connectivity index (χ2n) is 9.28. The number of nitrogens with one attached hydrogen (secondary N) is 2. The molecule has 2 N–H and O–H groups in total. The Bertz CT molecular complexity index is 1620. The van der Waals surface area contributed by atoms with Crippen LogP contribution in [0.4, 0.5) is 5.69 Å². The molecule has 42 heavy (non-hydrogen) atoms. The van der Waals surface area contributed by atoms with Crippen LogP contribution in [0.15, 0.2) is 88.4 Å². The van der Waals surface area contributed by atoms with Crippen molar-refractivity contribution in [1.82, 2.24) is 10.7 Å². The average Bonchev–Trinajstić information content (AvgIpc) is 3.43. The van der Waals surface area contributed by atoms with Gasteiger partial charge in [-0.1, -0.05) is 65.7 Å². The quantitative estimate of drug-likeness (QED) is 0.120. The molecule has 0 saturated heterocycles. The van der Waals surface area contributed by atoms with E-state index < -0.39 is 28.9 Å². The molecule has 216 valence electrons. The molecule has 2 atom stereocenters. The van der Waals surface area contributed by atoms with Crippen molar-refractivity contribution in [3.8, 4) is 17.1 Å². The lowest BCUT2D eigenvalue weighted by Crippen LogP contribution is -2.50. The van der Waals surface area contributed by atoms with Crippen molar-refractivity contribution < 1.29 is 23.7 Å². The van der Waals surface area contributed by atoms with Crippen molar-refractivity contribution in [3.05, 3.63) is 116 Å². The molecule has 12 heteroatoms. The van der Waals surface area contributed by atoms with Gasteiger partial charge in [0.05, 0.1) is 16.2 Å². The van der Waals surface area contributed by atoms with E-state index in [1.807, 2.05) is 30.3 Å². The first-order valence-electron chi connectivity index (χ1n) is 12.7. The Morgan fingerprint density at radius 3 is 2.52 bits per heavy atom. The summed E-state index contributed by atoms with van der Waals surface area (Å²) in [6, 6.07) is 20.9. The predicted molar refractivity (Wildman–Crippen MR) is 160 cm³/mol. The van der Waals surface area contributed by atoms with Crippen LogP contribution >= 0.6 is 23.2 Å². The van der Waals surface area contributed by atoms with Crippen LogP contribution in [-0.2, 0) is 16.0 Å². The Labute approximate surface area is 251 Å². The number of carbonyl (C=O) groups excluding carboxylic acids is 2. The number of hydrogen-bond acceptors (Lipinski definition) is 7. The average molecular weight is 609 g/mol. The zero-order valence-corrected chi connectivity index (χ0v) is 24.1. The summed E-state index contributed by atoms with van der Waals surface area (Å²) in [6.45, 7) is 3.19. The fourth-order valence-corrected chi connectivity index (χ4v) is 4.39. The number of hydrogen-bond donors (Lipinski definition) is 2. The number of ether oxygens (including phenoxy) is 1. The number of halogens is 2. The number of rotatable bonds is 11. The maximum Gasteiger partial charge on any atom is 0.273 e. The van der Waals surface area contributed by atoms with E-state index in [1.165, 1.54) is 25.3 Å². The van der Waals surface area contributed by atoms with Crippen molar-refractivity contribution in [3.63, 3.8) is 0 Å². The van der Waals surface area contributed by atoms with Gasteiger partial charge in [0.2, 0.25) is 0 Å². The summed E-state index contributed by atoms with van der Waals surface area (Å²) < 4.78 is 11.4. The van der Waals surface area contributed by atoms with Gasteiger partial charge >= 0.3 is 0 Å². The molecule has 0 radical (unpaired) electrons. The molecular formula is C30H26Cl2N4O6. The summed E-state index contributed by atoms with van der Waals surface area (Å²) in [5.74, 6) is -0.130. The van der Waals surface area contributed by atoms with E-state index in [-0.39, 0.29) is 22.9 Å². The maximum absolute atomic E-state index is 13.1. The van der Waals surface area contributed by atoms with E-state index in [0.717, 1.165) is 5.56 Å². The number of furan rings is 1. The smallest absolute Gasteiger partial charge is 0.273 e. The van der Waals surface area contributed by atoms with E-state index in [9.17, 15) is 19.7 Å². The number of amides is 2. The predicted octanol–water partition coefficient (Wildman–Crippen LogP) is 6.12. The van der Waals surface area contributed by atoms with Crippen LogP contribution in [0.1, 0.15) is 23.8 Å². The molecule has 1 heterocycles. The van der Waals surface area contributed by atoms with E-state index in [2.05, 4.69) is 15.8 Å². The Kier molecular flexibility index (Phi) is 9.95. The maximum atomic E-state index is 13.1. The number of nitro benzene ring substituents is 1. The molecule has 0 aliphatic rings. The first-order valence-corrected chi connectivity index (χ1v) is 13.5. The Morgan fingerprint density at radius 1 is 1.05 bits per heavy atom. The molecule has 0 bridgehead atoms. The number of aryl methyl sites for hydroxylation is 1. The molecule has 4 aromatic rings. The van der Waals surface area contributed by atoms with Gasteiger partial charge in [-0.25, -0.2) is 5.43 Å². The highest BCUT2D eigenvalue weighted by molar-refractivity contribution is 6.35. The highest BCUT2D eigenvalue weighted by atomic mass is 35.5. The minimum Gasteiger partial charge on any atom is -0.479 e. The van der Waals surface area contributed by atoms with Gasteiger partial charge in [-0.2, -0.15) is 5.10 Å². The van der Waals surface area contributed by atoms with Crippen LogP contribution < -0.4 is 15.5 Å². The molecule has 0 fully saturated rings. The second-order valence-corrected chi connectivity index (χ2v) is 10.1. The monoisotopic (exact) mass is 608 g/mol. The van der Waals surface area contributed by atoms with Gasteiger partial charge in [-0.05, 0) is 49.7 Å². The number of nitrogens with zero attached hydrogens (tertiary/aromatic N) is 2. The summed E-state index contributed by atoms with van der Waals surface area (Å²) in [4.78, 5) is 36.9. The van der Waals surface area contributed by atoms with Crippen molar-refractivity contribution in [2.75, 3.05) is 0 Å². The van der Waals surface area contributed by atoms with E-state index in [4.69, 9.17) is 32.4 Å². The van der Waals surface area contributed by atoms with Gasteiger partial charge in [0.15, 0.2) is 6.10 Å². The SMILES string of the molecule is Cc1ccc(-c2ccc(/C=N\NC(=O)[C@@H](Cc3ccccc3)NC(=O)[C@@H](C)Oc3ccc(Cl)cc3Cl)o2)cc1[N+](=O)[O-]. The third-order valence-corrected chi connectivity index (χ3v) is 6.70. The van der Waals surface area contributed by atoms with E-state index >= 15 is 0 Å². The third-order valence-electron chi connectivity index (χ3n) is 6.17. The first kappa shape index (κ1) is 30.3. The molecule has 0 aliphatic heterocycles. The molecule has 2 amide bonds. The molecule has 4 rings (SSSR count). The molecule has 1 aromatic heterocycles. The molecule has 10 nitrogen and oxygen atoms in total. The number of hydrazone groups is 1. The lowest BCUT2D eigenvalue weighted by atomic mass is 10.1. The molecule has 3 aromatic carbocycles. The zero-order valence-electron chi connectivity index (χ0n) is 22.5. The van der Waals surface area contributed by atoms with Crippen LogP contribution in [0.2, 0.25) is 10.0 Å². The van der Waals surface area contributed by atoms with Gasteiger partial charge in [-0.15, -0.1) is 0 Å². The van der Waals surface area contributed by atoms with E-state index in [1.54, 1.807) is 43.3 Å². The van der Waals surface area contributed by atoms with Crippen molar-refractivity contribution in [2.45, 2.75) is 32.4 Å². The highest BCUT2D eigenvalue weighted by Gasteiger charge is 2.25. The van der Waals surface area contributed by atoms with E-state index in [0.29, 0.717) is 27.7 Å². The summed E-state index contributed by atoms with van der Waals surface area (Å²) in [6.07, 6.45) is 0.511. The van der Waals surface area contributed by atoms with Gasteiger partial charge in [0.1, 0.15) is 23.3 Å². The van der Waals surface area contributed by atoms with Gasteiger partial charge in [0, 0.05) is 28.6 Å². The molecule has 0 spiro atoms. The summed E-state index contributed by atoms with van der Waals surface area (Å²) >= 11 is 12.1. The van der Waals surface area contributed by atoms with Crippen molar-refractivity contribution in [2.24, 2.45) is 5.10 Å². The van der Waals surface area contributed by atoms with Crippen molar-refractivity contribution >= 4 is 46.9 Å². The topological polar surface area (TPSA) is 136 Å². The Hall–Kier alpha value is -4.67. The summed E-state index contributed by atoms with van der Waals surface area (Å²) in [5, 5.41) is 18.6. The van der Waals surface area contributed by atoms with Crippen LogP contribution in [-0.4, -0.2) is 35.1 Å². The minimum atomic E-state index is -0.982. The largest absolute Gasteiger partial charge is 0.479 e. The lowest BCUT2D eigenvalue weighted by molar-refractivity contribution is -0.385. The lowest BCUT2D eigenvalue weighted by Gasteiger charge is -2.21. The Morgan fingerprint density at radius 2 is 1.81 bits per heavy atom. The molecular weight excluding hydrogens is 583 g/mol. The fraction of sp³-hybridized carbons (Fsp3) is 0.167. The highest BCUT2D eigenvalue weighted by Crippen LogP contribution is 2.29. The standard InChI is InChI=1S/C30H26Cl2N4O6/c1-18-8-9-21(15-26(18)36(39)40)27-13-11-23(42-27)17-33-35-30(38)25(14-20-6-4-3-5-7-20)34-29(37)19(2)41-28-12-10-22(31)16-24(28)32/h3-13,15-17,19,25H,14H2,1-2H3,(H,34,37)(H,35,38)/b33-17-/t19-,25-/m1/s1. The van der Waals surface area contributed by atoms with Crippen LogP contribution in [0.5, 0.6) is 5.75 Å².